The maximum Gasteiger partial charge on any atom is 0.336 e. The molecule has 0 fully saturated rings. The molecular formula is C27H25NO4S2. The lowest BCUT2D eigenvalue weighted by Crippen LogP contribution is -2.28. The number of aromatic nitrogens is 1. The first-order valence-corrected chi connectivity index (χ1v) is 13.6. The predicted octanol–water partition coefficient (Wildman–Crippen LogP) is 6.17. The van der Waals surface area contributed by atoms with E-state index in [0.29, 0.717) is 16.2 Å². The zero-order chi connectivity index (χ0) is 24.5. The fourth-order valence-corrected chi connectivity index (χ4v) is 5.27. The number of carboxylic acids is 1. The molecule has 5 nitrogen and oxygen atoms in total. The van der Waals surface area contributed by atoms with Crippen molar-refractivity contribution in [2.75, 3.05) is 6.26 Å². The van der Waals surface area contributed by atoms with E-state index in [1.807, 2.05) is 54.6 Å². The van der Waals surface area contributed by atoms with E-state index < -0.39 is 20.6 Å². The molecule has 0 radical (unpaired) electrons. The van der Waals surface area contributed by atoms with Gasteiger partial charge in [0, 0.05) is 34.1 Å². The average molecular weight is 492 g/mol. The summed E-state index contributed by atoms with van der Waals surface area (Å²) in [6, 6.07) is 22.6. The summed E-state index contributed by atoms with van der Waals surface area (Å²) in [6.07, 6.45) is 2.99. The molecule has 3 aromatic carbocycles. The maximum atomic E-state index is 12.5. The molecule has 0 aliphatic carbocycles. The largest absolute Gasteiger partial charge is 0.478 e. The zero-order valence-electron chi connectivity index (χ0n) is 19.1. The summed E-state index contributed by atoms with van der Waals surface area (Å²) < 4.78 is 24.0. The van der Waals surface area contributed by atoms with Crippen molar-refractivity contribution in [2.24, 2.45) is 0 Å². The van der Waals surface area contributed by atoms with Crippen LogP contribution in [0.4, 0.5) is 0 Å². The molecule has 0 atom stereocenters. The van der Waals surface area contributed by atoms with E-state index in [0.717, 1.165) is 27.6 Å². The molecule has 0 aliphatic rings. The third kappa shape index (κ3) is 4.72. The fourth-order valence-electron chi connectivity index (χ4n) is 3.73. The first-order chi connectivity index (χ1) is 16.1. The highest BCUT2D eigenvalue weighted by molar-refractivity contribution is 7.98. The van der Waals surface area contributed by atoms with Crippen molar-refractivity contribution in [3.63, 3.8) is 0 Å². The smallest absolute Gasteiger partial charge is 0.336 e. The van der Waals surface area contributed by atoms with Gasteiger partial charge in [0.15, 0.2) is 9.84 Å². The second-order valence-electron chi connectivity index (χ2n) is 8.67. The van der Waals surface area contributed by atoms with Gasteiger partial charge >= 0.3 is 5.97 Å². The number of sulfone groups is 1. The summed E-state index contributed by atoms with van der Waals surface area (Å²) in [5.74, 6) is -0.349. The maximum absolute atomic E-state index is 12.5. The minimum atomic E-state index is -3.35. The number of thioether (sulfide) groups is 1. The predicted molar refractivity (Wildman–Crippen MR) is 138 cm³/mol. The van der Waals surface area contributed by atoms with Gasteiger partial charge in [-0.05, 0) is 60.9 Å². The molecule has 0 spiro atoms. The van der Waals surface area contributed by atoms with Gasteiger partial charge in [-0.15, -0.1) is 11.8 Å². The third-order valence-electron chi connectivity index (χ3n) is 6.08. The number of fused-ring (bicyclic) bond motifs is 1. The number of benzene rings is 3. The van der Waals surface area contributed by atoms with Crippen LogP contribution in [0.5, 0.6) is 0 Å². The Kier molecular flexibility index (Phi) is 6.51. The summed E-state index contributed by atoms with van der Waals surface area (Å²) in [5.41, 5.74) is 4.62. The van der Waals surface area contributed by atoms with Gasteiger partial charge < -0.3 is 5.11 Å². The number of carboxylic acid groups (broad SMARTS) is 1. The third-order valence-corrected chi connectivity index (χ3v) is 9.31. The first-order valence-electron chi connectivity index (χ1n) is 10.7. The number of nitrogens with zero attached hydrogens (tertiary/aromatic N) is 1. The van der Waals surface area contributed by atoms with Crippen LogP contribution in [0, 0.1) is 0 Å². The normalized spacial score (nSPS) is 12.1. The van der Waals surface area contributed by atoms with E-state index in [9.17, 15) is 18.3 Å². The van der Waals surface area contributed by atoms with Crippen LogP contribution in [0.15, 0.2) is 83.9 Å². The summed E-state index contributed by atoms with van der Waals surface area (Å²) in [6.45, 7) is 3.44. The van der Waals surface area contributed by atoms with Crippen molar-refractivity contribution in [1.29, 1.82) is 0 Å². The molecule has 1 heterocycles. The number of hydrogen-bond acceptors (Lipinski definition) is 5. The van der Waals surface area contributed by atoms with Gasteiger partial charge in [0.2, 0.25) is 0 Å². The summed E-state index contributed by atoms with van der Waals surface area (Å²) >= 11 is 1.47. The van der Waals surface area contributed by atoms with Crippen LogP contribution >= 0.6 is 11.8 Å². The Morgan fingerprint density at radius 1 is 1.00 bits per heavy atom. The second-order valence-corrected chi connectivity index (χ2v) is 12.3. The van der Waals surface area contributed by atoms with Gasteiger partial charge in [-0.25, -0.2) is 13.2 Å². The van der Waals surface area contributed by atoms with Gasteiger partial charge in [-0.2, -0.15) is 0 Å². The fraction of sp³-hybridized carbons (Fsp3) is 0.185. The monoisotopic (exact) mass is 491 g/mol. The van der Waals surface area contributed by atoms with E-state index in [2.05, 4.69) is 11.1 Å². The molecule has 0 aliphatic heterocycles. The lowest BCUT2D eigenvalue weighted by Gasteiger charge is -2.24. The summed E-state index contributed by atoms with van der Waals surface area (Å²) in [5, 5.41) is 10.3. The Bertz CT molecular complexity index is 1490. The number of pyridine rings is 1. The topological polar surface area (TPSA) is 84.3 Å². The van der Waals surface area contributed by atoms with Gasteiger partial charge in [0.05, 0.1) is 15.8 Å². The molecule has 4 aromatic rings. The van der Waals surface area contributed by atoms with Crippen LogP contribution in [0.3, 0.4) is 0 Å². The summed E-state index contributed by atoms with van der Waals surface area (Å²) in [7, 11) is -3.35. The van der Waals surface area contributed by atoms with E-state index in [1.165, 1.54) is 18.0 Å². The van der Waals surface area contributed by atoms with Crippen LogP contribution in [0.1, 0.15) is 35.3 Å². The molecule has 174 valence electrons. The van der Waals surface area contributed by atoms with E-state index in [-0.39, 0.29) is 5.56 Å². The minimum absolute atomic E-state index is 0.287. The Balaban J connectivity index is 1.76. The van der Waals surface area contributed by atoms with Gasteiger partial charge in [0.1, 0.15) is 0 Å². The Hall–Kier alpha value is -3.16. The van der Waals surface area contributed by atoms with Gasteiger partial charge in [-0.3, -0.25) is 4.98 Å². The Morgan fingerprint density at radius 2 is 1.76 bits per heavy atom. The summed E-state index contributed by atoms with van der Waals surface area (Å²) in [4.78, 5) is 16.8. The number of hydrogen-bond donors (Lipinski definition) is 1. The van der Waals surface area contributed by atoms with E-state index >= 15 is 0 Å². The molecule has 7 heteroatoms. The van der Waals surface area contributed by atoms with Crippen LogP contribution in [-0.4, -0.2) is 30.7 Å². The SMILES string of the molecule is CC(C)(c1cc(-c2cccc(CSc3ccccc3C(=O)O)c2)c2ncccc2c1)S(C)(=O)=O. The highest BCUT2D eigenvalue weighted by Crippen LogP contribution is 2.37. The number of aromatic carboxylic acids is 1. The molecule has 1 aromatic heterocycles. The Morgan fingerprint density at radius 3 is 2.50 bits per heavy atom. The van der Waals surface area contributed by atoms with Crippen LogP contribution in [0.2, 0.25) is 0 Å². The van der Waals surface area contributed by atoms with Crippen LogP contribution in [0.25, 0.3) is 22.0 Å². The quantitative estimate of drug-likeness (QED) is 0.311. The standard InChI is InChI=1S/C27H25NO4S2/c1-27(2,34(3,31)32)21-15-20-10-7-13-28-25(20)23(16-21)19-9-6-8-18(14-19)17-33-24-12-5-4-11-22(24)26(29)30/h4-16H,17H2,1-3H3,(H,29,30). The average Bonchev–Trinajstić information content (AvgIpc) is 2.81. The van der Waals surface area contributed by atoms with Gasteiger partial charge in [-0.1, -0.05) is 42.5 Å². The highest BCUT2D eigenvalue weighted by Gasteiger charge is 2.33. The highest BCUT2D eigenvalue weighted by atomic mass is 32.2. The molecule has 1 N–H and O–H groups in total. The van der Waals surface area contributed by atoms with Gasteiger partial charge in [0.25, 0.3) is 0 Å². The van der Waals surface area contributed by atoms with Crippen molar-refractivity contribution < 1.29 is 18.3 Å². The van der Waals surface area contributed by atoms with Crippen molar-refractivity contribution in [3.05, 3.63) is 95.7 Å². The molecule has 0 unspecified atom stereocenters. The van der Waals surface area contributed by atoms with Crippen molar-refractivity contribution in [1.82, 2.24) is 4.98 Å². The van der Waals surface area contributed by atoms with Crippen molar-refractivity contribution >= 4 is 38.5 Å². The second kappa shape index (κ2) is 9.24. The lowest BCUT2D eigenvalue weighted by molar-refractivity contribution is 0.0693. The van der Waals surface area contributed by atoms with Crippen LogP contribution in [-0.2, 0) is 20.3 Å². The van der Waals surface area contributed by atoms with E-state index in [1.54, 1.807) is 32.2 Å². The molecule has 0 saturated heterocycles. The molecule has 0 saturated carbocycles. The van der Waals surface area contributed by atoms with Crippen molar-refractivity contribution in [2.45, 2.75) is 29.2 Å². The number of carbonyl (C=O) groups is 1. The molecule has 0 bridgehead atoms. The van der Waals surface area contributed by atoms with E-state index in [4.69, 9.17) is 0 Å². The minimum Gasteiger partial charge on any atom is -0.478 e. The lowest BCUT2D eigenvalue weighted by atomic mass is 9.93. The van der Waals surface area contributed by atoms with Crippen molar-refractivity contribution in [3.8, 4) is 11.1 Å². The van der Waals surface area contributed by atoms with Crippen LogP contribution < -0.4 is 0 Å². The molecule has 4 rings (SSSR count). The molecule has 0 amide bonds. The zero-order valence-corrected chi connectivity index (χ0v) is 20.8. The first kappa shape index (κ1) is 24.0. The Labute approximate surface area is 203 Å². The number of rotatable bonds is 7. The molecular weight excluding hydrogens is 466 g/mol. The molecule has 34 heavy (non-hydrogen) atoms.